The molecule has 0 fully saturated rings. The van der Waals surface area contributed by atoms with Crippen LogP contribution in [0.2, 0.25) is 5.15 Å². The second kappa shape index (κ2) is 6.31. The van der Waals surface area contributed by atoms with Crippen LogP contribution in [-0.4, -0.2) is 38.1 Å². The lowest BCUT2D eigenvalue weighted by atomic mass is 10.2. The molecule has 2 N–H and O–H groups in total. The number of hydrogen-bond acceptors (Lipinski definition) is 4. The van der Waals surface area contributed by atoms with Gasteiger partial charge in [0.15, 0.2) is 5.69 Å². The Morgan fingerprint density at radius 1 is 1.43 bits per heavy atom. The number of amides is 1. The molecule has 0 aliphatic rings. The first-order valence-electron chi connectivity index (χ1n) is 5.81. The Labute approximate surface area is 123 Å². The summed E-state index contributed by atoms with van der Waals surface area (Å²) in [6.07, 6.45) is 3.59. The van der Waals surface area contributed by atoms with Gasteiger partial charge in [-0.15, -0.1) is 0 Å². The zero-order valence-electron chi connectivity index (χ0n) is 10.6. The predicted octanol–water partition coefficient (Wildman–Crippen LogP) is 1.20. The molecule has 21 heavy (non-hydrogen) atoms. The van der Waals surface area contributed by atoms with Gasteiger partial charge in [0.2, 0.25) is 0 Å². The first-order valence-corrected chi connectivity index (χ1v) is 6.19. The number of carboxylic acid groups (broad SMARTS) is 1. The zero-order valence-corrected chi connectivity index (χ0v) is 11.3. The zero-order chi connectivity index (χ0) is 15.4. The van der Waals surface area contributed by atoms with E-state index in [4.69, 9.17) is 16.7 Å². The van der Waals surface area contributed by atoms with E-state index in [0.29, 0.717) is 6.54 Å². The monoisotopic (exact) mass is 312 g/mol. The molecule has 0 aliphatic carbocycles. The van der Waals surface area contributed by atoms with Crippen LogP contribution in [-0.2, 0) is 6.54 Å². The van der Waals surface area contributed by atoms with Crippen LogP contribution in [0.4, 0.5) is 4.39 Å². The van der Waals surface area contributed by atoms with Gasteiger partial charge in [0, 0.05) is 19.3 Å². The number of carbonyl (C=O) groups is 2. The van der Waals surface area contributed by atoms with Crippen molar-refractivity contribution in [1.82, 2.24) is 19.9 Å². The molecular formula is C12H10ClFN4O3. The minimum absolute atomic E-state index is 0.0616. The Hall–Kier alpha value is -2.48. The Morgan fingerprint density at radius 2 is 2.19 bits per heavy atom. The maximum Gasteiger partial charge on any atom is 0.356 e. The van der Waals surface area contributed by atoms with Gasteiger partial charge in [0.05, 0.1) is 18.1 Å². The van der Waals surface area contributed by atoms with Gasteiger partial charge in [-0.2, -0.15) is 0 Å². The van der Waals surface area contributed by atoms with Crippen molar-refractivity contribution in [3.8, 4) is 0 Å². The molecule has 0 spiro atoms. The van der Waals surface area contributed by atoms with Crippen LogP contribution in [0.3, 0.4) is 0 Å². The molecule has 2 rings (SSSR count). The fourth-order valence-corrected chi connectivity index (χ4v) is 1.76. The third kappa shape index (κ3) is 3.76. The summed E-state index contributed by atoms with van der Waals surface area (Å²) < 4.78 is 14.5. The number of nitrogens with one attached hydrogen (secondary N) is 1. The SMILES string of the molecule is O=C(O)c1cn(CCNC(=O)c2cc(F)cnc2Cl)cn1. The third-order valence-electron chi connectivity index (χ3n) is 2.56. The lowest BCUT2D eigenvalue weighted by Gasteiger charge is -2.06. The molecule has 0 radical (unpaired) electrons. The van der Waals surface area contributed by atoms with Gasteiger partial charge in [0.1, 0.15) is 11.0 Å². The fraction of sp³-hybridized carbons (Fsp3) is 0.167. The van der Waals surface area contributed by atoms with Gasteiger partial charge >= 0.3 is 5.97 Å². The molecule has 0 saturated carbocycles. The van der Waals surface area contributed by atoms with Gasteiger partial charge in [-0.3, -0.25) is 4.79 Å². The van der Waals surface area contributed by atoms with Gasteiger partial charge in [-0.1, -0.05) is 11.6 Å². The molecule has 0 unspecified atom stereocenters. The number of nitrogens with zero attached hydrogens (tertiary/aromatic N) is 3. The summed E-state index contributed by atoms with van der Waals surface area (Å²) >= 11 is 5.71. The van der Waals surface area contributed by atoms with Crippen molar-refractivity contribution >= 4 is 23.5 Å². The first-order chi connectivity index (χ1) is 9.97. The van der Waals surface area contributed by atoms with E-state index in [2.05, 4.69) is 15.3 Å². The summed E-state index contributed by atoms with van der Waals surface area (Å²) in [5.74, 6) is -2.36. The molecule has 0 atom stereocenters. The van der Waals surface area contributed by atoms with Crippen LogP contribution >= 0.6 is 11.6 Å². The number of halogens is 2. The Kier molecular flexibility index (Phi) is 4.49. The van der Waals surface area contributed by atoms with Crippen molar-refractivity contribution in [3.63, 3.8) is 0 Å². The molecule has 0 saturated heterocycles. The molecule has 2 aromatic heterocycles. The maximum atomic E-state index is 13.0. The summed E-state index contributed by atoms with van der Waals surface area (Å²) in [6, 6.07) is 0.990. The fourth-order valence-electron chi connectivity index (χ4n) is 1.57. The first kappa shape index (κ1) is 14.9. The molecule has 0 bridgehead atoms. The van der Waals surface area contributed by atoms with Crippen molar-refractivity contribution < 1.29 is 19.1 Å². The van der Waals surface area contributed by atoms with Crippen molar-refractivity contribution in [2.24, 2.45) is 0 Å². The Bertz CT molecular complexity index is 689. The van der Waals surface area contributed by atoms with Crippen molar-refractivity contribution in [2.75, 3.05) is 6.54 Å². The maximum absolute atomic E-state index is 13.0. The highest BCUT2D eigenvalue weighted by atomic mass is 35.5. The molecule has 2 heterocycles. The number of hydrogen-bond donors (Lipinski definition) is 2. The van der Waals surface area contributed by atoms with Gasteiger partial charge < -0.3 is 15.0 Å². The van der Waals surface area contributed by atoms with E-state index in [9.17, 15) is 14.0 Å². The molecule has 2 aromatic rings. The van der Waals surface area contributed by atoms with E-state index in [-0.39, 0.29) is 23.0 Å². The van der Waals surface area contributed by atoms with Crippen LogP contribution < -0.4 is 5.32 Å². The largest absolute Gasteiger partial charge is 0.476 e. The predicted molar refractivity (Wildman–Crippen MR) is 70.7 cm³/mol. The lowest BCUT2D eigenvalue weighted by Crippen LogP contribution is -2.27. The van der Waals surface area contributed by atoms with Crippen molar-refractivity contribution in [3.05, 3.63) is 47.0 Å². The molecule has 0 aromatic carbocycles. The topological polar surface area (TPSA) is 97.1 Å². The number of carboxylic acids is 1. The minimum atomic E-state index is -1.13. The number of aromatic nitrogens is 3. The number of aromatic carboxylic acids is 1. The van der Waals surface area contributed by atoms with E-state index >= 15 is 0 Å². The van der Waals surface area contributed by atoms with Crippen molar-refractivity contribution in [1.29, 1.82) is 0 Å². The molecule has 1 amide bonds. The highest BCUT2D eigenvalue weighted by Crippen LogP contribution is 2.13. The molecule has 110 valence electrons. The number of imidazole rings is 1. The third-order valence-corrected chi connectivity index (χ3v) is 2.86. The van der Waals surface area contributed by atoms with E-state index in [1.807, 2.05) is 0 Å². The number of rotatable bonds is 5. The summed E-state index contributed by atoms with van der Waals surface area (Å²) in [5.41, 5.74) is -0.146. The van der Waals surface area contributed by atoms with Crippen LogP contribution in [0, 0.1) is 5.82 Å². The Morgan fingerprint density at radius 3 is 2.86 bits per heavy atom. The highest BCUT2D eigenvalue weighted by Gasteiger charge is 2.12. The molecule has 7 nitrogen and oxygen atoms in total. The minimum Gasteiger partial charge on any atom is -0.476 e. The quantitative estimate of drug-likeness (QED) is 0.809. The second-order valence-corrected chi connectivity index (χ2v) is 4.41. The summed E-state index contributed by atoms with van der Waals surface area (Å²) in [7, 11) is 0. The summed E-state index contributed by atoms with van der Waals surface area (Å²) in [4.78, 5) is 29.7. The van der Waals surface area contributed by atoms with Crippen LogP contribution in [0.5, 0.6) is 0 Å². The van der Waals surface area contributed by atoms with Crippen LogP contribution in [0.15, 0.2) is 24.8 Å². The van der Waals surface area contributed by atoms with Gasteiger partial charge in [-0.25, -0.2) is 19.2 Å². The van der Waals surface area contributed by atoms with Crippen LogP contribution in [0.25, 0.3) is 0 Å². The number of carbonyl (C=O) groups excluding carboxylic acids is 1. The smallest absolute Gasteiger partial charge is 0.356 e. The standard InChI is InChI=1S/C12H10ClFN4O3/c13-10-8(3-7(14)4-16-10)11(19)15-1-2-18-5-9(12(20)21)17-6-18/h3-6H,1-2H2,(H,15,19)(H,20,21). The molecule has 9 heteroatoms. The average molecular weight is 313 g/mol. The Balaban J connectivity index is 1.92. The summed E-state index contributed by atoms with van der Waals surface area (Å²) in [5, 5.41) is 11.1. The summed E-state index contributed by atoms with van der Waals surface area (Å²) in [6.45, 7) is 0.507. The molecule has 0 aliphatic heterocycles. The van der Waals surface area contributed by atoms with E-state index in [0.717, 1.165) is 12.3 Å². The van der Waals surface area contributed by atoms with Crippen molar-refractivity contribution in [2.45, 2.75) is 6.54 Å². The van der Waals surface area contributed by atoms with E-state index < -0.39 is 17.7 Å². The lowest BCUT2D eigenvalue weighted by molar-refractivity contribution is 0.0690. The highest BCUT2D eigenvalue weighted by molar-refractivity contribution is 6.32. The normalized spacial score (nSPS) is 10.4. The number of pyridine rings is 1. The molecular weight excluding hydrogens is 303 g/mol. The van der Waals surface area contributed by atoms with E-state index in [1.165, 1.54) is 17.1 Å². The van der Waals surface area contributed by atoms with Crippen LogP contribution in [0.1, 0.15) is 20.8 Å². The van der Waals surface area contributed by atoms with Gasteiger partial charge in [-0.05, 0) is 6.07 Å². The van der Waals surface area contributed by atoms with Gasteiger partial charge in [0.25, 0.3) is 5.91 Å². The second-order valence-electron chi connectivity index (χ2n) is 4.05. The average Bonchev–Trinajstić information content (AvgIpc) is 2.90. The van der Waals surface area contributed by atoms with E-state index in [1.54, 1.807) is 0 Å².